The molecule has 12 heteroatoms. The van der Waals surface area contributed by atoms with Crippen LogP contribution in [0, 0.1) is 29.5 Å². The Morgan fingerprint density at radius 2 is 1.94 bits per heavy atom. The Kier molecular flexibility index (Phi) is 6.42. The average molecular weight is 484 g/mol. The van der Waals surface area contributed by atoms with E-state index in [1.54, 1.807) is 6.07 Å². The molecular weight excluding hydrogens is 468 g/mol. The van der Waals surface area contributed by atoms with Crippen molar-refractivity contribution in [2.75, 3.05) is 19.7 Å². The number of benzene rings is 2. The van der Waals surface area contributed by atoms with E-state index in [-0.39, 0.29) is 11.3 Å². The van der Waals surface area contributed by atoms with E-state index in [1.165, 1.54) is 6.07 Å². The monoisotopic (exact) mass is 484 g/mol. The number of nitrogens with zero attached hydrogens (tertiary/aromatic N) is 2. The molecule has 2 aromatic rings. The molecule has 174 valence electrons. The second-order valence-electron chi connectivity index (χ2n) is 7.27. The van der Waals surface area contributed by atoms with Gasteiger partial charge in [0.2, 0.25) is 10.0 Å². The van der Waals surface area contributed by atoms with Crippen LogP contribution >= 0.6 is 0 Å². The number of β-amino-alcohol motifs (C(OH)–C–C–N with tert-alkyl or cyclic N) is 1. The number of terminal acetylenes is 1. The standard InChI is InChI=1S/C21H16F4N2O5S/c1-2-13-7-15(21(23,24)25)4-6-18(13)33(30,31)27-10-19(20(29,11-27)12-28)32-16-5-3-14(9-26)17(22)8-16/h1,3-8,19,28-29H,10-12H2/t19?,20-/m1/s1. The first-order chi connectivity index (χ1) is 15.4. The Morgan fingerprint density at radius 1 is 1.24 bits per heavy atom. The molecule has 0 spiro atoms. The number of ether oxygens (including phenoxy) is 1. The highest BCUT2D eigenvalue weighted by Gasteiger charge is 2.51. The summed E-state index contributed by atoms with van der Waals surface area (Å²) in [6, 6.07) is 6.63. The lowest BCUT2D eigenvalue weighted by Crippen LogP contribution is -2.48. The topological polar surface area (TPSA) is 111 Å². The number of nitriles is 1. The van der Waals surface area contributed by atoms with Gasteiger partial charge in [-0.3, -0.25) is 0 Å². The van der Waals surface area contributed by atoms with Crippen molar-refractivity contribution < 1.29 is 40.9 Å². The summed E-state index contributed by atoms with van der Waals surface area (Å²) in [7, 11) is -4.51. The first-order valence-electron chi connectivity index (χ1n) is 9.23. The van der Waals surface area contributed by atoms with Crippen LogP contribution in [0.4, 0.5) is 17.6 Å². The molecule has 1 unspecified atom stereocenters. The van der Waals surface area contributed by atoms with Crippen LogP contribution in [0.15, 0.2) is 41.3 Å². The summed E-state index contributed by atoms with van der Waals surface area (Å²) in [5.41, 5.74) is -4.04. The van der Waals surface area contributed by atoms with Gasteiger partial charge in [0.15, 0.2) is 0 Å². The summed E-state index contributed by atoms with van der Waals surface area (Å²) in [6.45, 7) is -2.12. The zero-order chi connectivity index (χ0) is 24.6. The second-order valence-corrected chi connectivity index (χ2v) is 9.18. The van der Waals surface area contributed by atoms with Crippen molar-refractivity contribution in [1.29, 1.82) is 5.26 Å². The van der Waals surface area contributed by atoms with E-state index >= 15 is 0 Å². The number of aliphatic hydroxyl groups is 2. The average Bonchev–Trinajstić information content (AvgIpc) is 3.10. The Balaban J connectivity index is 1.94. The van der Waals surface area contributed by atoms with Crippen LogP contribution in [0.25, 0.3) is 0 Å². The van der Waals surface area contributed by atoms with Gasteiger partial charge in [0.25, 0.3) is 0 Å². The third kappa shape index (κ3) is 4.65. The second kappa shape index (κ2) is 8.65. The maximum Gasteiger partial charge on any atom is 0.416 e. The SMILES string of the molecule is C#Cc1cc(C(F)(F)F)ccc1S(=O)(=O)N1CC(Oc2ccc(C#N)c(F)c2)[C@](O)(CO)C1. The van der Waals surface area contributed by atoms with Gasteiger partial charge in [-0.25, -0.2) is 12.8 Å². The predicted molar refractivity (Wildman–Crippen MR) is 106 cm³/mol. The molecule has 1 aliphatic heterocycles. The van der Waals surface area contributed by atoms with Crippen molar-refractivity contribution in [2.24, 2.45) is 0 Å². The fourth-order valence-corrected chi connectivity index (χ4v) is 4.95. The number of halogens is 4. The van der Waals surface area contributed by atoms with Gasteiger partial charge in [0.1, 0.15) is 29.3 Å². The molecule has 1 aliphatic rings. The van der Waals surface area contributed by atoms with Crippen molar-refractivity contribution in [3.05, 3.63) is 58.9 Å². The van der Waals surface area contributed by atoms with E-state index in [9.17, 15) is 36.2 Å². The van der Waals surface area contributed by atoms with Crippen LogP contribution in [0.2, 0.25) is 0 Å². The van der Waals surface area contributed by atoms with Gasteiger partial charge in [0, 0.05) is 18.2 Å². The van der Waals surface area contributed by atoms with Crippen molar-refractivity contribution >= 4 is 10.0 Å². The Hall–Kier alpha value is -3.16. The Labute approximate surface area is 186 Å². The molecule has 0 amide bonds. The maximum atomic E-state index is 13.9. The highest BCUT2D eigenvalue weighted by molar-refractivity contribution is 7.89. The van der Waals surface area contributed by atoms with Crippen molar-refractivity contribution in [2.45, 2.75) is 22.8 Å². The Bertz CT molecular complexity index is 1270. The summed E-state index contributed by atoms with van der Waals surface area (Å²) in [5, 5.41) is 29.2. The van der Waals surface area contributed by atoms with E-state index in [2.05, 4.69) is 0 Å². The van der Waals surface area contributed by atoms with Crippen molar-refractivity contribution in [1.82, 2.24) is 4.31 Å². The number of aliphatic hydroxyl groups excluding tert-OH is 1. The molecule has 3 rings (SSSR count). The summed E-state index contributed by atoms with van der Waals surface area (Å²) in [6.07, 6.45) is -0.877. The minimum atomic E-state index is -4.74. The number of sulfonamides is 1. The fraction of sp³-hybridized carbons (Fsp3) is 0.286. The molecule has 1 heterocycles. The van der Waals surface area contributed by atoms with Crippen molar-refractivity contribution in [3.8, 4) is 24.2 Å². The van der Waals surface area contributed by atoms with E-state index in [0.717, 1.165) is 18.2 Å². The number of alkyl halides is 3. The quantitative estimate of drug-likeness (QED) is 0.495. The van der Waals surface area contributed by atoms with Gasteiger partial charge >= 0.3 is 6.18 Å². The summed E-state index contributed by atoms with van der Waals surface area (Å²) < 4.78 is 85.2. The maximum absolute atomic E-state index is 13.9. The fourth-order valence-electron chi connectivity index (χ4n) is 3.32. The largest absolute Gasteiger partial charge is 0.486 e. The number of hydrogen-bond acceptors (Lipinski definition) is 6. The predicted octanol–water partition coefficient (Wildman–Crippen LogP) is 1.87. The normalized spacial score (nSPS) is 21.4. The molecule has 2 atom stereocenters. The molecule has 2 aromatic carbocycles. The smallest absolute Gasteiger partial charge is 0.416 e. The lowest BCUT2D eigenvalue weighted by Gasteiger charge is -2.27. The first-order valence-corrected chi connectivity index (χ1v) is 10.7. The zero-order valence-corrected chi connectivity index (χ0v) is 17.5. The van der Waals surface area contributed by atoms with Gasteiger partial charge in [-0.2, -0.15) is 22.7 Å². The van der Waals surface area contributed by atoms with Crippen LogP contribution < -0.4 is 4.74 Å². The van der Waals surface area contributed by atoms with Gasteiger partial charge in [-0.1, -0.05) is 5.92 Å². The summed E-state index contributed by atoms with van der Waals surface area (Å²) >= 11 is 0. The minimum Gasteiger partial charge on any atom is -0.486 e. The molecule has 2 N–H and O–H groups in total. The van der Waals surface area contributed by atoms with E-state index in [4.69, 9.17) is 16.4 Å². The van der Waals surface area contributed by atoms with Gasteiger partial charge in [0.05, 0.1) is 29.2 Å². The van der Waals surface area contributed by atoms with E-state index in [1.807, 2.05) is 5.92 Å². The molecule has 0 aromatic heterocycles. The number of hydrogen-bond donors (Lipinski definition) is 2. The first kappa shape index (κ1) is 24.5. The summed E-state index contributed by atoms with van der Waals surface area (Å²) in [4.78, 5) is -0.594. The lowest BCUT2D eigenvalue weighted by molar-refractivity contribution is -0.137. The molecule has 0 saturated carbocycles. The van der Waals surface area contributed by atoms with Crippen LogP contribution in [0.3, 0.4) is 0 Å². The van der Waals surface area contributed by atoms with Gasteiger partial charge < -0.3 is 14.9 Å². The van der Waals surface area contributed by atoms with E-state index in [0.29, 0.717) is 16.4 Å². The molecule has 7 nitrogen and oxygen atoms in total. The highest BCUT2D eigenvalue weighted by Crippen LogP contribution is 2.35. The highest BCUT2D eigenvalue weighted by atomic mass is 32.2. The van der Waals surface area contributed by atoms with Crippen molar-refractivity contribution in [3.63, 3.8) is 0 Å². The van der Waals surface area contributed by atoms with Crippen LogP contribution in [0.5, 0.6) is 5.75 Å². The molecule has 0 aliphatic carbocycles. The molecular formula is C21H16F4N2O5S. The molecule has 1 saturated heterocycles. The van der Waals surface area contributed by atoms with E-state index < -0.39 is 69.4 Å². The van der Waals surface area contributed by atoms with Gasteiger partial charge in [-0.05, 0) is 30.3 Å². The zero-order valence-electron chi connectivity index (χ0n) is 16.7. The van der Waals surface area contributed by atoms with Crippen LogP contribution in [-0.2, 0) is 16.2 Å². The molecule has 1 fully saturated rings. The lowest BCUT2D eigenvalue weighted by atomic mass is 10.0. The molecule has 33 heavy (non-hydrogen) atoms. The number of rotatable bonds is 5. The summed E-state index contributed by atoms with van der Waals surface area (Å²) in [5.74, 6) is 0.877. The van der Waals surface area contributed by atoms with Gasteiger partial charge in [-0.15, -0.1) is 6.42 Å². The van der Waals surface area contributed by atoms with Crippen LogP contribution in [-0.4, -0.2) is 54.3 Å². The molecule has 0 bridgehead atoms. The Morgan fingerprint density at radius 3 is 2.48 bits per heavy atom. The minimum absolute atomic E-state index is 0.138. The third-order valence-electron chi connectivity index (χ3n) is 5.11. The third-order valence-corrected chi connectivity index (χ3v) is 6.98. The van der Waals surface area contributed by atoms with Crippen LogP contribution in [0.1, 0.15) is 16.7 Å². The molecule has 0 radical (unpaired) electrons.